The van der Waals surface area contributed by atoms with E-state index in [1.165, 1.54) is 10.5 Å². The van der Waals surface area contributed by atoms with Gasteiger partial charge < -0.3 is 15.0 Å². The normalized spacial score (nSPS) is 15.1. The van der Waals surface area contributed by atoms with Crippen LogP contribution in [0.15, 0.2) is 83.3 Å². The number of rotatable bonds is 10. The number of esters is 1. The number of carbonyl (C=O) groups excluding carboxylic acids is 3. The highest BCUT2D eigenvalue weighted by molar-refractivity contribution is 9.10. The summed E-state index contributed by atoms with van der Waals surface area (Å²) in [7, 11) is 0. The van der Waals surface area contributed by atoms with Gasteiger partial charge in [-0.3, -0.25) is 14.5 Å². The Bertz CT molecular complexity index is 1300. The Morgan fingerprint density at radius 3 is 2.34 bits per heavy atom. The predicted molar refractivity (Wildman–Crippen MR) is 155 cm³/mol. The van der Waals surface area contributed by atoms with E-state index in [1.54, 1.807) is 43.3 Å². The molecule has 2 amide bonds. The maximum atomic E-state index is 13.6. The third kappa shape index (κ3) is 6.65. The molecular weight excluding hydrogens is 566 g/mol. The lowest BCUT2D eigenvalue weighted by molar-refractivity contribution is -0.124. The van der Waals surface area contributed by atoms with Crippen LogP contribution in [-0.2, 0) is 20.7 Å². The van der Waals surface area contributed by atoms with Crippen molar-refractivity contribution in [3.8, 4) is 0 Å². The molecule has 0 aliphatic carbocycles. The van der Waals surface area contributed by atoms with Crippen molar-refractivity contribution in [1.29, 1.82) is 0 Å². The summed E-state index contributed by atoms with van der Waals surface area (Å²) in [5.41, 5.74) is 2.77. The number of ether oxygens (including phenoxy) is 1. The molecule has 0 saturated carbocycles. The quantitative estimate of drug-likeness (QED) is 0.244. The Labute approximate surface area is 235 Å². The van der Waals surface area contributed by atoms with Crippen molar-refractivity contribution in [1.82, 2.24) is 4.90 Å². The average molecular weight is 595 g/mol. The van der Waals surface area contributed by atoms with Crippen LogP contribution in [0.1, 0.15) is 35.7 Å². The Morgan fingerprint density at radius 1 is 1.00 bits per heavy atom. The van der Waals surface area contributed by atoms with Gasteiger partial charge in [0.15, 0.2) is 5.11 Å². The van der Waals surface area contributed by atoms with Crippen molar-refractivity contribution >= 4 is 62.4 Å². The van der Waals surface area contributed by atoms with Crippen molar-refractivity contribution in [2.24, 2.45) is 0 Å². The number of amides is 2. The molecule has 1 heterocycles. The summed E-state index contributed by atoms with van der Waals surface area (Å²) in [6, 6.07) is 23.2. The summed E-state index contributed by atoms with van der Waals surface area (Å²) in [6.07, 6.45) is 1.54. The summed E-state index contributed by atoms with van der Waals surface area (Å²) >= 11 is 9.14. The van der Waals surface area contributed by atoms with Gasteiger partial charge in [-0.1, -0.05) is 46.3 Å². The first-order valence-corrected chi connectivity index (χ1v) is 13.6. The molecule has 1 unspecified atom stereocenters. The highest BCUT2D eigenvalue weighted by Gasteiger charge is 2.43. The summed E-state index contributed by atoms with van der Waals surface area (Å²) in [6.45, 7) is 2.54. The SMILES string of the molecule is CCOC(=O)c1ccc(N2C(=O)C(CC(=O)Nc3ccc(Br)cc3)N(CCCc3ccccc3)C2=S)cc1. The minimum Gasteiger partial charge on any atom is -0.462 e. The molecule has 1 aliphatic rings. The lowest BCUT2D eigenvalue weighted by Gasteiger charge is -2.24. The number of nitrogens with one attached hydrogen (secondary N) is 1. The van der Waals surface area contributed by atoms with Crippen LogP contribution in [0.3, 0.4) is 0 Å². The molecular formula is C29H28BrN3O4S. The van der Waals surface area contributed by atoms with Gasteiger partial charge in [0.1, 0.15) is 6.04 Å². The third-order valence-corrected chi connectivity index (χ3v) is 7.12. The molecule has 1 atom stereocenters. The van der Waals surface area contributed by atoms with Gasteiger partial charge in [-0.15, -0.1) is 0 Å². The number of anilines is 2. The number of benzene rings is 3. The fraction of sp³-hybridized carbons (Fsp3) is 0.241. The van der Waals surface area contributed by atoms with Crippen molar-refractivity contribution in [3.05, 3.63) is 94.5 Å². The first-order valence-electron chi connectivity index (χ1n) is 12.4. The fourth-order valence-corrected chi connectivity index (χ4v) is 4.98. The van der Waals surface area contributed by atoms with Gasteiger partial charge in [-0.2, -0.15) is 0 Å². The van der Waals surface area contributed by atoms with Crippen LogP contribution < -0.4 is 10.2 Å². The van der Waals surface area contributed by atoms with Gasteiger partial charge in [0.05, 0.1) is 24.3 Å². The monoisotopic (exact) mass is 593 g/mol. The maximum Gasteiger partial charge on any atom is 0.338 e. The van der Waals surface area contributed by atoms with E-state index >= 15 is 0 Å². The molecule has 9 heteroatoms. The topological polar surface area (TPSA) is 78.9 Å². The first-order chi connectivity index (χ1) is 18.4. The lowest BCUT2D eigenvalue weighted by atomic mass is 10.1. The first kappa shape index (κ1) is 27.5. The molecule has 38 heavy (non-hydrogen) atoms. The highest BCUT2D eigenvalue weighted by atomic mass is 79.9. The smallest absolute Gasteiger partial charge is 0.338 e. The Balaban J connectivity index is 1.52. The number of halogens is 1. The molecule has 1 saturated heterocycles. The molecule has 7 nitrogen and oxygen atoms in total. The summed E-state index contributed by atoms with van der Waals surface area (Å²) in [5.74, 6) is -0.981. The molecule has 3 aromatic carbocycles. The highest BCUT2D eigenvalue weighted by Crippen LogP contribution is 2.28. The van der Waals surface area contributed by atoms with Gasteiger partial charge >= 0.3 is 5.97 Å². The average Bonchev–Trinajstić information content (AvgIpc) is 3.14. The summed E-state index contributed by atoms with van der Waals surface area (Å²) in [4.78, 5) is 41.9. The van der Waals surface area contributed by atoms with E-state index in [1.807, 2.05) is 35.2 Å². The van der Waals surface area contributed by atoms with Crippen LogP contribution in [0, 0.1) is 0 Å². The van der Waals surface area contributed by atoms with E-state index in [2.05, 4.69) is 33.4 Å². The van der Waals surface area contributed by atoms with E-state index in [9.17, 15) is 14.4 Å². The van der Waals surface area contributed by atoms with E-state index in [-0.39, 0.29) is 24.8 Å². The zero-order valence-corrected chi connectivity index (χ0v) is 23.3. The Hall–Kier alpha value is -3.56. The molecule has 196 valence electrons. The van der Waals surface area contributed by atoms with Gasteiger partial charge in [0.2, 0.25) is 5.91 Å². The summed E-state index contributed by atoms with van der Waals surface area (Å²) < 4.78 is 5.95. The maximum absolute atomic E-state index is 13.6. The van der Waals surface area contributed by atoms with Crippen molar-refractivity contribution < 1.29 is 19.1 Å². The number of thiocarbonyl (C=S) groups is 1. The van der Waals surface area contributed by atoms with E-state index in [4.69, 9.17) is 17.0 Å². The number of hydrogen-bond acceptors (Lipinski definition) is 5. The molecule has 1 N–H and O–H groups in total. The number of carbonyl (C=O) groups is 3. The third-order valence-electron chi connectivity index (χ3n) is 6.17. The minimum atomic E-state index is -0.738. The molecule has 4 rings (SSSR count). The van der Waals surface area contributed by atoms with Crippen LogP contribution >= 0.6 is 28.1 Å². The standard InChI is InChI=1S/C29H28BrN3O4S/c1-2-37-28(36)21-10-16-24(17-11-21)33-27(35)25(19-26(34)31-23-14-12-22(30)13-15-23)32(29(33)38)18-6-9-20-7-4-3-5-8-20/h3-5,7-8,10-17,25H,2,6,9,18-19H2,1H3,(H,31,34). The van der Waals surface area contributed by atoms with E-state index < -0.39 is 12.0 Å². The van der Waals surface area contributed by atoms with Gasteiger partial charge in [0.25, 0.3) is 5.91 Å². The van der Waals surface area contributed by atoms with Crippen LogP contribution in [-0.4, -0.2) is 47.0 Å². The second-order valence-electron chi connectivity index (χ2n) is 8.78. The minimum absolute atomic E-state index is 0.0439. The van der Waals surface area contributed by atoms with Gasteiger partial charge in [-0.05, 0) is 86.1 Å². The van der Waals surface area contributed by atoms with Crippen LogP contribution in [0.25, 0.3) is 0 Å². The summed E-state index contributed by atoms with van der Waals surface area (Å²) in [5, 5.41) is 3.21. The Morgan fingerprint density at radius 2 is 1.68 bits per heavy atom. The van der Waals surface area contributed by atoms with Crippen molar-refractivity contribution in [3.63, 3.8) is 0 Å². The predicted octanol–water partition coefficient (Wildman–Crippen LogP) is 5.59. The van der Waals surface area contributed by atoms with Crippen LogP contribution in [0.4, 0.5) is 11.4 Å². The largest absolute Gasteiger partial charge is 0.462 e. The molecule has 3 aromatic rings. The fourth-order valence-electron chi connectivity index (χ4n) is 4.31. The number of aryl methyl sites for hydroxylation is 1. The van der Waals surface area contributed by atoms with Crippen LogP contribution in [0.5, 0.6) is 0 Å². The second kappa shape index (κ2) is 12.8. The molecule has 1 aliphatic heterocycles. The van der Waals surface area contributed by atoms with Crippen molar-refractivity contribution in [2.45, 2.75) is 32.2 Å². The zero-order chi connectivity index (χ0) is 27.1. The number of nitrogens with zero attached hydrogens (tertiary/aromatic N) is 2. The number of hydrogen-bond donors (Lipinski definition) is 1. The van der Waals surface area contributed by atoms with E-state index in [0.717, 1.165) is 17.3 Å². The van der Waals surface area contributed by atoms with Crippen molar-refractivity contribution in [2.75, 3.05) is 23.4 Å². The van der Waals surface area contributed by atoms with E-state index in [0.29, 0.717) is 28.6 Å². The molecule has 0 bridgehead atoms. The molecule has 0 radical (unpaired) electrons. The molecule has 1 fully saturated rings. The Kier molecular flexibility index (Phi) is 9.25. The van der Waals surface area contributed by atoms with Gasteiger partial charge in [0, 0.05) is 16.7 Å². The second-order valence-corrected chi connectivity index (χ2v) is 10.1. The van der Waals surface area contributed by atoms with Crippen LogP contribution in [0.2, 0.25) is 0 Å². The zero-order valence-electron chi connectivity index (χ0n) is 20.9. The lowest BCUT2D eigenvalue weighted by Crippen LogP contribution is -2.38. The molecule has 0 aromatic heterocycles. The molecule has 0 spiro atoms. The van der Waals surface area contributed by atoms with Gasteiger partial charge in [-0.25, -0.2) is 4.79 Å².